The lowest BCUT2D eigenvalue weighted by molar-refractivity contribution is 0.200. The molecule has 1 unspecified atom stereocenters. The Morgan fingerprint density at radius 2 is 2.07 bits per heavy atom. The first kappa shape index (κ1) is 18.2. The fourth-order valence-corrected chi connectivity index (χ4v) is 3.96. The number of hydrogen-bond donors (Lipinski definition) is 2. The van der Waals surface area contributed by atoms with Crippen LogP contribution >= 0.6 is 11.3 Å². The standard InChI is InChI=1S/C18H21N7O2S/c1-11-9-24(18(26)21-12-3-5-13(27-2)6-4-12)7-8-25(11)15-14-16(28-10-20-14)23-17(19)22-15/h3-6,10-11H,7-9H2,1-2H3,(H,21,26)(H2,19,22,23). The van der Waals surface area contributed by atoms with Gasteiger partial charge in [-0.25, -0.2) is 14.8 Å². The zero-order valence-corrected chi connectivity index (χ0v) is 16.4. The number of nitrogens with zero attached hydrogens (tertiary/aromatic N) is 5. The lowest BCUT2D eigenvalue weighted by Gasteiger charge is -2.40. The summed E-state index contributed by atoms with van der Waals surface area (Å²) in [6.07, 6.45) is 0. The van der Waals surface area contributed by atoms with E-state index in [0.29, 0.717) is 19.6 Å². The van der Waals surface area contributed by atoms with E-state index >= 15 is 0 Å². The molecule has 28 heavy (non-hydrogen) atoms. The first-order valence-corrected chi connectivity index (χ1v) is 9.76. The van der Waals surface area contributed by atoms with Crippen molar-refractivity contribution in [3.63, 3.8) is 0 Å². The van der Waals surface area contributed by atoms with E-state index in [2.05, 4.69) is 32.1 Å². The lowest BCUT2D eigenvalue weighted by Crippen LogP contribution is -2.55. The van der Waals surface area contributed by atoms with Crippen molar-refractivity contribution in [3.05, 3.63) is 29.8 Å². The van der Waals surface area contributed by atoms with Gasteiger partial charge in [-0.15, -0.1) is 11.3 Å². The maximum Gasteiger partial charge on any atom is 0.321 e. The van der Waals surface area contributed by atoms with E-state index in [0.717, 1.165) is 27.6 Å². The van der Waals surface area contributed by atoms with E-state index in [9.17, 15) is 4.79 Å². The number of nitrogens with one attached hydrogen (secondary N) is 1. The van der Waals surface area contributed by atoms with Crippen LogP contribution in [0.25, 0.3) is 10.3 Å². The maximum absolute atomic E-state index is 12.6. The van der Waals surface area contributed by atoms with E-state index in [1.807, 2.05) is 24.3 Å². The highest BCUT2D eigenvalue weighted by atomic mass is 32.1. The Kier molecular flexibility index (Phi) is 4.86. The van der Waals surface area contributed by atoms with Crippen molar-refractivity contribution < 1.29 is 9.53 Å². The topological polar surface area (TPSA) is 110 Å². The Hall–Kier alpha value is -3.14. The summed E-state index contributed by atoms with van der Waals surface area (Å²) in [5.41, 5.74) is 9.09. The van der Waals surface area contributed by atoms with Crippen LogP contribution < -0.4 is 20.7 Å². The number of aromatic nitrogens is 3. The minimum atomic E-state index is -0.127. The number of fused-ring (bicyclic) bond motifs is 1. The molecular weight excluding hydrogens is 378 g/mol. The number of carbonyl (C=O) groups is 1. The summed E-state index contributed by atoms with van der Waals surface area (Å²) in [6.45, 7) is 3.84. The quantitative estimate of drug-likeness (QED) is 0.696. The van der Waals surface area contributed by atoms with Crippen LogP contribution in [0.1, 0.15) is 6.92 Å². The summed E-state index contributed by atoms with van der Waals surface area (Å²) in [7, 11) is 1.61. The van der Waals surface area contributed by atoms with Crippen molar-refractivity contribution in [1.29, 1.82) is 0 Å². The maximum atomic E-state index is 12.6. The zero-order valence-electron chi connectivity index (χ0n) is 15.6. The summed E-state index contributed by atoms with van der Waals surface area (Å²) in [4.78, 5) is 30.4. The summed E-state index contributed by atoms with van der Waals surface area (Å²) >= 11 is 1.44. The molecule has 1 fully saturated rings. The number of amides is 2. The van der Waals surface area contributed by atoms with Gasteiger partial charge < -0.3 is 25.6 Å². The van der Waals surface area contributed by atoms with Gasteiger partial charge in [0.25, 0.3) is 0 Å². The molecule has 4 rings (SSSR count). The van der Waals surface area contributed by atoms with E-state index in [1.54, 1.807) is 17.5 Å². The van der Waals surface area contributed by atoms with Crippen LogP contribution in [0.3, 0.4) is 0 Å². The molecule has 0 saturated carbocycles. The Labute approximate surface area is 166 Å². The molecule has 1 aliphatic rings. The van der Waals surface area contributed by atoms with Crippen LogP contribution in [-0.4, -0.2) is 58.7 Å². The second-order valence-corrected chi connectivity index (χ2v) is 7.39. The smallest absolute Gasteiger partial charge is 0.321 e. The number of nitrogens with two attached hydrogens (primary N) is 1. The van der Waals surface area contributed by atoms with Crippen molar-refractivity contribution in [1.82, 2.24) is 19.9 Å². The third-order valence-corrected chi connectivity index (χ3v) is 5.44. The Balaban J connectivity index is 1.45. The molecule has 1 saturated heterocycles. The highest BCUT2D eigenvalue weighted by Gasteiger charge is 2.29. The van der Waals surface area contributed by atoms with Crippen LogP contribution in [0.4, 0.5) is 22.2 Å². The van der Waals surface area contributed by atoms with Crippen molar-refractivity contribution in [2.75, 3.05) is 42.7 Å². The average Bonchev–Trinajstić information content (AvgIpc) is 3.16. The third kappa shape index (κ3) is 3.50. The summed E-state index contributed by atoms with van der Waals surface area (Å²) in [6, 6.07) is 7.20. The largest absolute Gasteiger partial charge is 0.497 e. The molecule has 3 N–H and O–H groups in total. The normalized spacial score (nSPS) is 17.0. The van der Waals surface area contributed by atoms with Gasteiger partial charge in [0.2, 0.25) is 5.95 Å². The SMILES string of the molecule is COc1ccc(NC(=O)N2CCN(c3nc(N)nc4scnc34)C(C)C2)cc1. The molecule has 146 valence electrons. The molecule has 0 radical (unpaired) electrons. The molecular formula is C18H21N7O2S. The Morgan fingerprint density at radius 1 is 1.29 bits per heavy atom. The second kappa shape index (κ2) is 7.47. The molecule has 0 aliphatic carbocycles. The number of thiazole rings is 1. The van der Waals surface area contributed by atoms with Gasteiger partial charge in [0.05, 0.1) is 12.6 Å². The van der Waals surface area contributed by atoms with Crippen LogP contribution in [0.5, 0.6) is 5.75 Å². The van der Waals surface area contributed by atoms with Gasteiger partial charge in [-0.2, -0.15) is 4.98 Å². The summed E-state index contributed by atoms with van der Waals surface area (Å²) < 4.78 is 5.14. The molecule has 3 aromatic rings. The van der Waals surface area contributed by atoms with Crippen LogP contribution in [0.15, 0.2) is 29.8 Å². The van der Waals surface area contributed by atoms with Crippen LogP contribution in [0, 0.1) is 0 Å². The Morgan fingerprint density at radius 3 is 2.79 bits per heavy atom. The third-order valence-electron chi connectivity index (χ3n) is 4.73. The predicted molar refractivity (Wildman–Crippen MR) is 110 cm³/mol. The van der Waals surface area contributed by atoms with Gasteiger partial charge in [-0.3, -0.25) is 0 Å². The monoisotopic (exact) mass is 399 g/mol. The van der Waals surface area contributed by atoms with Gasteiger partial charge in [-0.1, -0.05) is 0 Å². The van der Waals surface area contributed by atoms with Gasteiger partial charge >= 0.3 is 6.03 Å². The average molecular weight is 399 g/mol. The molecule has 1 aliphatic heterocycles. The number of anilines is 3. The molecule has 0 bridgehead atoms. The first-order valence-electron chi connectivity index (χ1n) is 8.88. The molecule has 3 heterocycles. The molecule has 0 spiro atoms. The number of urea groups is 1. The number of carbonyl (C=O) groups excluding carboxylic acids is 1. The van der Waals surface area contributed by atoms with E-state index in [4.69, 9.17) is 10.5 Å². The highest BCUT2D eigenvalue weighted by Crippen LogP contribution is 2.28. The minimum Gasteiger partial charge on any atom is -0.497 e. The van der Waals surface area contributed by atoms with Gasteiger partial charge in [0.15, 0.2) is 10.6 Å². The Bertz CT molecular complexity index is 991. The van der Waals surface area contributed by atoms with Gasteiger partial charge in [0, 0.05) is 31.4 Å². The van der Waals surface area contributed by atoms with E-state index in [1.165, 1.54) is 11.3 Å². The van der Waals surface area contributed by atoms with E-state index in [-0.39, 0.29) is 18.0 Å². The van der Waals surface area contributed by atoms with Gasteiger partial charge in [0.1, 0.15) is 11.3 Å². The van der Waals surface area contributed by atoms with Crippen molar-refractivity contribution in [2.24, 2.45) is 0 Å². The minimum absolute atomic E-state index is 0.0644. The fraction of sp³-hybridized carbons (Fsp3) is 0.333. The van der Waals surface area contributed by atoms with Crippen molar-refractivity contribution in [2.45, 2.75) is 13.0 Å². The van der Waals surface area contributed by atoms with E-state index < -0.39 is 0 Å². The lowest BCUT2D eigenvalue weighted by atomic mass is 10.2. The number of hydrogen-bond acceptors (Lipinski definition) is 8. The summed E-state index contributed by atoms with van der Waals surface area (Å²) in [5, 5.41) is 2.93. The molecule has 2 amide bonds. The molecule has 2 aromatic heterocycles. The van der Waals surface area contributed by atoms with Crippen LogP contribution in [0.2, 0.25) is 0 Å². The first-order chi connectivity index (χ1) is 13.5. The van der Waals surface area contributed by atoms with Gasteiger partial charge in [-0.05, 0) is 31.2 Å². The van der Waals surface area contributed by atoms with Crippen LogP contribution in [-0.2, 0) is 0 Å². The molecule has 10 heteroatoms. The summed E-state index contributed by atoms with van der Waals surface area (Å²) in [5.74, 6) is 1.71. The molecule has 9 nitrogen and oxygen atoms in total. The molecule has 1 atom stereocenters. The fourth-order valence-electron chi connectivity index (χ4n) is 3.30. The molecule has 1 aromatic carbocycles. The zero-order chi connectivity index (χ0) is 19.7. The number of rotatable bonds is 3. The number of ether oxygens (including phenoxy) is 1. The van der Waals surface area contributed by atoms with Crippen molar-refractivity contribution in [3.8, 4) is 5.75 Å². The van der Waals surface area contributed by atoms with Crippen molar-refractivity contribution >= 4 is 45.2 Å². The second-order valence-electron chi connectivity index (χ2n) is 6.56. The number of nitrogen functional groups attached to an aromatic ring is 1. The highest BCUT2D eigenvalue weighted by molar-refractivity contribution is 7.16. The number of benzene rings is 1. The number of methoxy groups -OCH3 is 1. The predicted octanol–water partition coefficient (Wildman–Crippen LogP) is 2.42. The number of piperazine rings is 1.